The van der Waals surface area contributed by atoms with Gasteiger partial charge in [-0.1, -0.05) is 42.5 Å². The number of rotatable bonds is 6. The summed E-state index contributed by atoms with van der Waals surface area (Å²) >= 11 is 0. The van der Waals surface area contributed by atoms with Crippen molar-refractivity contribution in [2.75, 3.05) is 11.9 Å². The number of benzene rings is 2. The molecule has 28 heavy (non-hydrogen) atoms. The number of aromatic hydroxyl groups is 1. The van der Waals surface area contributed by atoms with Gasteiger partial charge in [0.1, 0.15) is 23.5 Å². The highest BCUT2D eigenvalue weighted by Gasteiger charge is 2.16. The molecule has 0 saturated heterocycles. The topological polar surface area (TPSA) is 63.0 Å². The van der Waals surface area contributed by atoms with Gasteiger partial charge in [-0.2, -0.15) is 0 Å². The molecule has 2 aromatic carbocycles. The van der Waals surface area contributed by atoms with E-state index < -0.39 is 0 Å². The number of hydrogen-bond donors (Lipinski definition) is 2. The lowest BCUT2D eigenvalue weighted by atomic mass is 10.1. The zero-order valence-electron chi connectivity index (χ0n) is 16.2. The second kappa shape index (κ2) is 7.72. The van der Waals surface area contributed by atoms with Crippen LogP contribution in [0, 0.1) is 13.8 Å². The molecule has 0 unspecified atom stereocenters. The Kier molecular flexibility index (Phi) is 4.98. The van der Waals surface area contributed by atoms with Gasteiger partial charge in [0.15, 0.2) is 0 Å². The first-order chi connectivity index (χ1) is 13.6. The third kappa shape index (κ3) is 3.56. The molecule has 142 valence electrons. The molecule has 0 atom stereocenters. The third-order valence-corrected chi connectivity index (χ3v) is 5.21. The van der Waals surface area contributed by atoms with Crippen molar-refractivity contribution in [3.05, 3.63) is 83.3 Å². The van der Waals surface area contributed by atoms with Crippen LogP contribution in [-0.2, 0) is 13.0 Å². The van der Waals surface area contributed by atoms with Crippen LogP contribution in [0.1, 0.15) is 22.4 Å². The summed E-state index contributed by atoms with van der Waals surface area (Å²) in [5.41, 5.74) is 5.70. The number of phenols is 1. The summed E-state index contributed by atoms with van der Waals surface area (Å²) in [4.78, 5) is 9.07. The van der Waals surface area contributed by atoms with Gasteiger partial charge in [0.2, 0.25) is 0 Å². The molecule has 4 aromatic rings. The van der Waals surface area contributed by atoms with E-state index in [0.29, 0.717) is 5.75 Å². The summed E-state index contributed by atoms with van der Waals surface area (Å²) < 4.78 is 2.25. The normalized spacial score (nSPS) is 11.1. The minimum Gasteiger partial charge on any atom is -0.508 e. The number of fused-ring (bicyclic) bond motifs is 1. The first-order valence-corrected chi connectivity index (χ1v) is 9.49. The number of anilines is 1. The standard InChI is InChI=1S/C23H24N4O/c1-16-17(2)27(14-19-7-4-3-5-8-19)23-21(16)22(25-15-26-23)24-12-11-18-9-6-10-20(28)13-18/h3-10,13,15,28H,11-12,14H2,1-2H3,(H,24,25,26). The van der Waals surface area contributed by atoms with E-state index in [1.165, 1.54) is 16.8 Å². The van der Waals surface area contributed by atoms with E-state index in [-0.39, 0.29) is 0 Å². The van der Waals surface area contributed by atoms with Crippen molar-refractivity contribution in [1.29, 1.82) is 0 Å². The number of nitrogens with zero attached hydrogens (tertiary/aromatic N) is 3. The highest BCUT2D eigenvalue weighted by molar-refractivity contribution is 5.91. The van der Waals surface area contributed by atoms with Gasteiger partial charge >= 0.3 is 0 Å². The lowest BCUT2D eigenvalue weighted by molar-refractivity contribution is 0.474. The molecule has 0 fully saturated rings. The van der Waals surface area contributed by atoms with E-state index in [1.807, 2.05) is 18.2 Å². The number of aryl methyl sites for hydroxylation is 1. The van der Waals surface area contributed by atoms with Crippen molar-refractivity contribution in [2.45, 2.75) is 26.8 Å². The molecule has 0 aliphatic heterocycles. The van der Waals surface area contributed by atoms with Crippen molar-refractivity contribution in [3.63, 3.8) is 0 Å². The summed E-state index contributed by atoms with van der Waals surface area (Å²) in [5, 5.41) is 14.1. The monoisotopic (exact) mass is 372 g/mol. The second-order valence-corrected chi connectivity index (χ2v) is 7.05. The minimum absolute atomic E-state index is 0.298. The van der Waals surface area contributed by atoms with Crippen LogP contribution in [-0.4, -0.2) is 26.2 Å². The SMILES string of the molecule is Cc1c(C)n(Cc2ccccc2)c2ncnc(NCCc3cccc(O)c3)c12. The number of phenolic OH excluding ortho intramolecular Hbond substituents is 1. The van der Waals surface area contributed by atoms with Crippen LogP contribution < -0.4 is 5.32 Å². The van der Waals surface area contributed by atoms with E-state index in [9.17, 15) is 5.11 Å². The smallest absolute Gasteiger partial charge is 0.146 e. The van der Waals surface area contributed by atoms with Gasteiger partial charge in [0, 0.05) is 18.8 Å². The van der Waals surface area contributed by atoms with Crippen molar-refractivity contribution in [2.24, 2.45) is 0 Å². The summed E-state index contributed by atoms with van der Waals surface area (Å²) in [6.07, 6.45) is 2.43. The van der Waals surface area contributed by atoms with E-state index in [4.69, 9.17) is 0 Å². The Labute approximate surface area is 164 Å². The molecule has 4 rings (SSSR count). The Bertz CT molecular complexity index is 1100. The van der Waals surface area contributed by atoms with Gasteiger partial charge in [-0.3, -0.25) is 0 Å². The highest BCUT2D eigenvalue weighted by atomic mass is 16.3. The van der Waals surface area contributed by atoms with Crippen molar-refractivity contribution in [3.8, 4) is 5.75 Å². The molecule has 5 heteroatoms. The predicted octanol–water partition coefficient (Wildman–Crippen LogP) is 4.46. The molecule has 0 aliphatic carbocycles. The first-order valence-electron chi connectivity index (χ1n) is 9.49. The van der Waals surface area contributed by atoms with Crippen LogP contribution in [0.2, 0.25) is 0 Å². The zero-order valence-corrected chi connectivity index (χ0v) is 16.2. The largest absolute Gasteiger partial charge is 0.508 e. The van der Waals surface area contributed by atoms with E-state index in [2.05, 4.69) is 58.0 Å². The fourth-order valence-corrected chi connectivity index (χ4v) is 3.60. The van der Waals surface area contributed by atoms with Crippen LogP contribution in [0.4, 0.5) is 5.82 Å². The van der Waals surface area contributed by atoms with Crippen molar-refractivity contribution in [1.82, 2.24) is 14.5 Å². The molecule has 2 heterocycles. The maximum atomic E-state index is 9.62. The molecule has 2 aromatic heterocycles. The summed E-state index contributed by atoms with van der Waals surface area (Å²) in [5.74, 6) is 1.16. The minimum atomic E-state index is 0.298. The maximum absolute atomic E-state index is 9.62. The van der Waals surface area contributed by atoms with E-state index >= 15 is 0 Å². The molecule has 0 radical (unpaired) electrons. The average molecular weight is 372 g/mol. The molecule has 0 spiro atoms. The van der Waals surface area contributed by atoms with Crippen LogP contribution in [0.15, 0.2) is 60.9 Å². The van der Waals surface area contributed by atoms with E-state index in [0.717, 1.165) is 41.9 Å². The Hall–Kier alpha value is -3.34. The number of nitrogens with one attached hydrogen (secondary N) is 1. The van der Waals surface area contributed by atoms with Crippen LogP contribution >= 0.6 is 0 Å². The molecule has 0 amide bonds. The van der Waals surface area contributed by atoms with Gasteiger partial charge in [-0.25, -0.2) is 9.97 Å². The highest BCUT2D eigenvalue weighted by Crippen LogP contribution is 2.29. The molecular formula is C23H24N4O. The molecular weight excluding hydrogens is 348 g/mol. The predicted molar refractivity (Wildman–Crippen MR) is 113 cm³/mol. The summed E-state index contributed by atoms with van der Waals surface area (Å²) in [6.45, 7) is 5.79. The van der Waals surface area contributed by atoms with Crippen LogP contribution in [0.25, 0.3) is 11.0 Å². The van der Waals surface area contributed by atoms with Crippen LogP contribution in [0.5, 0.6) is 5.75 Å². The summed E-state index contributed by atoms with van der Waals surface area (Å²) in [6, 6.07) is 17.8. The lowest BCUT2D eigenvalue weighted by Crippen LogP contribution is -2.07. The molecule has 0 saturated carbocycles. The van der Waals surface area contributed by atoms with E-state index in [1.54, 1.807) is 18.5 Å². The zero-order chi connectivity index (χ0) is 19.5. The van der Waals surface area contributed by atoms with Gasteiger partial charge in [-0.05, 0) is 49.1 Å². The third-order valence-electron chi connectivity index (χ3n) is 5.21. The Morgan fingerprint density at radius 2 is 1.75 bits per heavy atom. The Morgan fingerprint density at radius 3 is 2.54 bits per heavy atom. The van der Waals surface area contributed by atoms with Crippen molar-refractivity contribution >= 4 is 16.9 Å². The Balaban J connectivity index is 1.60. The fourth-order valence-electron chi connectivity index (χ4n) is 3.60. The summed E-state index contributed by atoms with van der Waals surface area (Å²) in [7, 11) is 0. The maximum Gasteiger partial charge on any atom is 0.146 e. The number of aromatic nitrogens is 3. The average Bonchev–Trinajstić information content (AvgIpc) is 2.94. The molecule has 0 bridgehead atoms. The molecule has 2 N–H and O–H groups in total. The quantitative estimate of drug-likeness (QED) is 0.525. The Morgan fingerprint density at radius 1 is 0.964 bits per heavy atom. The fraction of sp³-hybridized carbons (Fsp3) is 0.217. The molecule has 0 aliphatic rings. The van der Waals surface area contributed by atoms with Crippen molar-refractivity contribution < 1.29 is 5.11 Å². The van der Waals surface area contributed by atoms with Gasteiger partial charge in [0.05, 0.1) is 5.39 Å². The molecule has 5 nitrogen and oxygen atoms in total. The number of hydrogen-bond acceptors (Lipinski definition) is 4. The van der Waals surface area contributed by atoms with Crippen LogP contribution in [0.3, 0.4) is 0 Å². The van der Waals surface area contributed by atoms with Gasteiger partial charge in [0.25, 0.3) is 0 Å². The van der Waals surface area contributed by atoms with Gasteiger partial charge in [-0.15, -0.1) is 0 Å². The van der Waals surface area contributed by atoms with Gasteiger partial charge < -0.3 is 15.0 Å². The second-order valence-electron chi connectivity index (χ2n) is 7.05. The first kappa shape index (κ1) is 18.0. The lowest BCUT2D eigenvalue weighted by Gasteiger charge is -2.09.